The molecule has 26 heavy (non-hydrogen) atoms. The van der Waals surface area contributed by atoms with Crippen molar-refractivity contribution in [3.05, 3.63) is 60.4 Å². The van der Waals surface area contributed by atoms with Gasteiger partial charge in [-0.05, 0) is 43.3 Å². The van der Waals surface area contributed by atoms with Crippen molar-refractivity contribution in [2.45, 2.75) is 6.92 Å². The maximum atomic E-state index is 11.3. The lowest BCUT2D eigenvalue weighted by Crippen LogP contribution is -1.99. The van der Waals surface area contributed by atoms with E-state index in [9.17, 15) is 4.79 Å². The molecule has 0 radical (unpaired) electrons. The second-order valence-electron chi connectivity index (χ2n) is 5.74. The van der Waals surface area contributed by atoms with Crippen molar-refractivity contribution in [1.82, 2.24) is 9.97 Å². The van der Waals surface area contributed by atoms with Crippen LogP contribution in [0.2, 0.25) is 0 Å². The van der Waals surface area contributed by atoms with E-state index < -0.39 is 0 Å². The summed E-state index contributed by atoms with van der Waals surface area (Å²) in [6, 6.07) is 14.6. The van der Waals surface area contributed by atoms with Crippen LogP contribution >= 0.6 is 0 Å². The molecule has 0 saturated heterocycles. The Labute approximate surface area is 150 Å². The fraction of sp³-hybridized carbons (Fsp3) is 0.105. The number of rotatable bonds is 5. The first-order chi connectivity index (χ1) is 12.7. The molecular formula is C19H16N4O3. The Kier molecular flexibility index (Phi) is 4.10. The Morgan fingerprint density at radius 2 is 1.54 bits per heavy atom. The van der Waals surface area contributed by atoms with Crippen LogP contribution in [-0.2, 0) is 0 Å². The van der Waals surface area contributed by atoms with Crippen molar-refractivity contribution in [3.8, 4) is 11.5 Å². The van der Waals surface area contributed by atoms with Crippen LogP contribution in [0.1, 0.15) is 17.3 Å². The normalized spacial score (nSPS) is 11.9. The molecule has 3 aromatic rings. The summed E-state index contributed by atoms with van der Waals surface area (Å²) in [6.45, 7) is 1.78. The second-order valence-corrected chi connectivity index (χ2v) is 5.74. The van der Waals surface area contributed by atoms with Crippen LogP contribution in [-0.4, -0.2) is 22.5 Å². The second kappa shape index (κ2) is 6.72. The third kappa shape index (κ3) is 3.41. The molecule has 4 rings (SSSR count). The minimum Gasteiger partial charge on any atom is -0.454 e. The van der Waals surface area contributed by atoms with Gasteiger partial charge in [0.2, 0.25) is 6.79 Å². The summed E-state index contributed by atoms with van der Waals surface area (Å²) in [5.74, 6) is 2.75. The van der Waals surface area contributed by atoms with Crippen LogP contribution in [0, 0.1) is 0 Å². The number of Topliss-reactive ketones (excluding diaryl/α,β-unsaturated/α-hetero) is 1. The molecule has 0 bridgehead atoms. The standard InChI is InChI=1S/C19H16N4O3/c1-12(24)13-2-4-14(5-3-13)22-18-9-19(21-10-20-18)23-15-6-7-16-17(8-15)26-11-25-16/h2-10H,11H2,1H3,(H2,20,21,22,23). The zero-order chi connectivity index (χ0) is 17.9. The maximum Gasteiger partial charge on any atom is 0.231 e. The summed E-state index contributed by atoms with van der Waals surface area (Å²) < 4.78 is 10.7. The highest BCUT2D eigenvalue weighted by Gasteiger charge is 2.13. The topological polar surface area (TPSA) is 85.4 Å². The number of nitrogens with zero attached hydrogens (tertiary/aromatic N) is 2. The van der Waals surface area contributed by atoms with Crippen LogP contribution in [0.25, 0.3) is 0 Å². The SMILES string of the molecule is CC(=O)c1ccc(Nc2cc(Nc3ccc4c(c3)OCO4)ncn2)cc1. The minimum atomic E-state index is 0.0359. The highest BCUT2D eigenvalue weighted by Crippen LogP contribution is 2.35. The summed E-state index contributed by atoms with van der Waals surface area (Å²) in [7, 11) is 0. The molecule has 1 aliphatic rings. The number of anilines is 4. The molecule has 0 fully saturated rings. The molecule has 2 aromatic carbocycles. The largest absolute Gasteiger partial charge is 0.454 e. The average molecular weight is 348 g/mol. The lowest BCUT2D eigenvalue weighted by Gasteiger charge is -2.09. The van der Waals surface area contributed by atoms with Crippen LogP contribution < -0.4 is 20.1 Å². The number of ether oxygens (including phenoxy) is 2. The molecule has 7 nitrogen and oxygen atoms in total. The third-order valence-electron chi connectivity index (χ3n) is 3.88. The van der Waals surface area contributed by atoms with Gasteiger partial charge in [0.05, 0.1) is 0 Å². The monoisotopic (exact) mass is 348 g/mol. The quantitative estimate of drug-likeness (QED) is 0.676. The Hall–Kier alpha value is -3.61. The number of nitrogens with one attached hydrogen (secondary N) is 2. The van der Waals surface area contributed by atoms with Gasteiger partial charge in [0, 0.05) is 29.1 Å². The number of fused-ring (bicyclic) bond motifs is 1. The molecule has 0 amide bonds. The summed E-state index contributed by atoms with van der Waals surface area (Å²) >= 11 is 0. The van der Waals surface area contributed by atoms with Crippen molar-refractivity contribution < 1.29 is 14.3 Å². The molecular weight excluding hydrogens is 332 g/mol. The minimum absolute atomic E-state index is 0.0359. The van der Waals surface area contributed by atoms with Gasteiger partial charge in [-0.25, -0.2) is 9.97 Å². The molecule has 7 heteroatoms. The number of carbonyl (C=O) groups is 1. The van der Waals surface area contributed by atoms with Crippen LogP contribution in [0.5, 0.6) is 11.5 Å². The van der Waals surface area contributed by atoms with Crippen LogP contribution in [0.15, 0.2) is 54.9 Å². The first kappa shape index (κ1) is 15.9. The molecule has 0 unspecified atom stereocenters. The van der Waals surface area contributed by atoms with Crippen molar-refractivity contribution in [2.24, 2.45) is 0 Å². The van der Waals surface area contributed by atoms with E-state index in [0.717, 1.165) is 17.1 Å². The Morgan fingerprint density at radius 3 is 2.27 bits per heavy atom. The summed E-state index contributed by atoms with van der Waals surface area (Å²) in [6.07, 6.45) is 1.47. The van der Waals surface area contributed by atoms with Gasteiger partial charge in [0.15, 0.2) is 17.3 Å². The van der Waals surface area contributed by atoms with Crippen LogP contribution in [0.4, 0.5) is 23.0 Å². The van der Waals surface area contributed by atoms with E-state index in [-0.39, 0.29) is 12.6 Å². The average Bonchev–Trinajstić information content (AvgIpc) is 3.10. The van der Waals surface area contributed by atoms with Gasteiger partial charge in [-0.15, -0.1) is 0 Å². The van der Waals surface area contributed by atoms with Crippen molar-refractivity contribution in [2.75, 3.05) is 17.4 Å². The van der Waals surface area contributed by atoms with Gasteiger partial charge in [-0.2, -0.15) is 0 Å². The number of hydrogen-bond acceptors (Lipinski definition) is 7. The number of benzene rings is 2. The third-order valence-corrected chi connectivity index (χ3v) is 3.88. The highest BCUT2D eigenvalue weighted by atomic mass is 16.7. The van der Waals surface area contributed by atoms with E-state index in [1.54, 1.807) is 25.1 Å². The fourth-order valence-electron chi connectivity index (χ4n) is 2.55. The fourth-order valence-corrected chi connectivity index (χ4v) is 2.55. The van der Waals surface area contributed by atoms with E-state index in [2.05, 4.69) is 20.6 Å². The lowest BCUT2D eigenvalue weighted by atomic mass is 10.1. The molecule has 0 atom stereocenters. The van der Waals surface area contributed by atoms with Gasteiger partial charge < -0.3 is 20.1 Å². The molecule has 1 aromatic heterocycles. The predicted molar refractivity (Wildman–Crippen MR) is 97.6 cm³/mol. The summed E-state index contributed by atoms with van der Waals surface area (Å²) in [4.78, 5) is 19.8. The molecule has 0 saturated carbocycles. The lowest BCUT2D eigenvalue weighted by molar-refractivity contribution is 0.101. The van der Waals surface area contributed by atoms with Crippen molar-refractivity contribution in [3.63, 3.8) is 0 Å². The van der Waals surface area contributed by atoms with E-state index in [1.807, 2.05) is 30.3 Å². The molecule has 130 valence electrons. The van der Waals surface area contributed by atoms with Gasteiger partial charge in [-0.1, -0.05) is 0 Å². The molecule has 2 N–H and O–H groups in total. The van der Waals surface area contributed by atoms with Crippen molar-refractivity contribution in [1.29, 1.82) is 0 Å². The first-order valence-electron chi connectivity index (χ1n) is 8.04. The van der Waals surface area contributed by atoms with Crippen LogP contribution in [0.3, 0.4) is 0 Å². The predicted octanol–water partition coefficient (Wildman–Crippen LogP) is 3.90. The number of ketones is 1. The Balaban J connectivity index is 1.48. The molecule has 0 spiro atoms. The molecule has 2 heterocycles. The zero-order valence-electron chi connectivity index (χ0n) is 14.0. The van der Waals surface area contributed by atoms with E-state index in [1.165, 1.54) is 6.33 Å². The number of hydrogen-bond donors (Lipinski definition) is 2. The van der Waals surface area contributed by atoms with Gasteiger partial charge >= 0.3 is 0 Å². The zero-order valence-corrected chi connectivity index (χ0v) is 14.0. The Bertz CT molecular complexity index is 957. The smallest absolute Gasteiger partial charge is 0.231 e. The van der Waals surface area contributed by atoms with E-state index >= 15 is 0 Å². The summed E-state index contributed by atoms with van der Waals surface area (Å²) in [5.41, 5.74) is 2.34. The number of carbonyl (C=O) groups excluding carboxylic acids is 1. The number of aromatic nitrogens is 2. The maximum absolute atomic E-state index is 11.3. The van der Waals surface area contributed by atoms with Gasteiger partial charge in [0.25, 0.3) is 0 Å². The molecule has 1 aliphatic heterocycles. The van der Waals surface area contributed by atoms with Gasteiger partial charge in [-0.3, -0.25) is 4.79 Å². The van der Waals surface area contributed by atoms with Gasteiger partial charge in [0.1, 0.15) is 18.0 Å². The first-order valence-corrected chi connectivity index (χ1v) is 8.04. The highest BCUT2D eigenvalue weighted by molar-refractivity contribution is 5.94. The van der Waals surface area contributed by atoms with E-state index in [0.29, 0.717) is 22.9 Å². The Morgan fingerprint density at radius 1 is 0.885 bits per heavy atom. The molecule has 0 aliphatic carbocycles. The summed E-state index contributed by atoms with van der Waals surface area (Å²) in [5, 5.41) is 6.40. The van der Waals surface area contributed by atoms with Crippen molar-refractivity contribution >= 4 is 28.8 Å². The van der Waals surface area contributed by atoms with E-state index in [4.69, 9.17) is 9.47 Å².